The molecule has 0 amide bonds. The van der Waals surface area contributed by atoms with Crippen molar-refractivity contribution in [2.24, 2.45) is 0 Å². The third-order valence-electron chi connectivity index (χ3n) is 2.47. The van der Waals surface area contributed by atoms with Gasteiger partial charge in [-0.1, -0.05) is 6.07 Å². The molecule has 0 heterocycles. The Labute approximate surface area is 207 Å². The van der Waals surface area contributed by atoms with E-state index in [9.17, 15) is 25.9 Å². The van der Waals surface area contributed by atoms with Gasteiger partial charge in [0.05, 0.1) is 9.79 Å². The molecule has 0 fully saturated rings. The number of anilines is 1. The topological polar surface area (TPSA) is 140 Å². The van der Waals surface area contributed by atoms with Gasteiger partial charge in [0.2, 0.25) is 0 Å². The average molecular weight is 379 g/mol. The number of fused-ring (bicyclic) bond motifs is 1. The van der Waals surface area contributed by atoms with E-state index < -0.39 is 30.0 Å². The van der Waals surface area contributed by atoms with Crippen molar-refractivity contribution in [3.8, 4) is 0 Å². The minimum Gasteiger partial charge on any atom is -0.744 e. The first-order chi connectivity index (χ1) is 8.59. The Kier molecular flexibility index (Phi) is 8.73. The Morgan fingerprint density at radius 2 is 1.43 bits per heavy atom. The molecule has 0 aliphatic carbocycles. The molecule has 21 heavy (non-hydrogen) atoms. The Hall–Kier alpha value is 1.59. The Balaban J connectivity index is 0.00000200. The summed E-state index contributed by atoms with van der Waals surface area (Å²) in [5.41, 5.74) is 5.73. The van der Waals surface area contributed by atoms with Crippen LogP contribution in [0.4, 0.5) is 5.69 Å². The zero-order chi connectivity index (χ0) is 14.4. The maximum atomic E-state index is 11.1. The summed E-state index contributed by atoms with van der Waals surface area (Å²) in [6.45, 7) is 0. The summed E-state index contributed by atoms with van der Waals surface area (Å²) in [4.78, 5) is -1.56. The third kappa shape index (κ3) is 5.57. The van der Waals surface area contributed by atoms with Gasteiger partial charge in [-0.2, -0.15) is 0 Å². The molecular weight excluding hydrogens is 372 g/mol. The van der Waals surface area contributed by atoms with Gasteiger partial charge in [0, 0.05) is 5.69 Å². The molecule has 2 N–H and O–H groups in total. The number of nitrogens with two attached hydrogens (primary N) is 1. The van der Waals surface area contributed by atoms with E-state index in [0.717, 1.165) is 6.07 Å². The van der Waals surface area contributed by atoms with Crippen molar-refractivity contribution in [3.05, 3.63) is 30.3 Å². The molecule has 0 atom stereocenters. The monoisotopic (exact) mass is 379 g/mol. The summed E-state index contributed by atoms with van der Waals surface area (Å²) in [6.07, 6.45) is 0. The molecule has 0 saturated heterocycles. The van der Waals surface area contributed by atoms with Crippen molar-refractivity contribution >= 4 is 36.7 Å². The van der Waals surface area contributed by atoms with Crippen LogP contribution in [0.3, 0.4) is 0 Å². The fraction of sp³-hybridized carbons (Fsp3) is 0. The zero-order valence-electron chi connectivity index (χ0n) is 11.2. The van der Waals surface area contributed by atoms with Gasteiger partial charge in [-0.3, -0.25) is 0 Å². The van der Waals surface area contributed by atoms with E-state index in [1.54, 1.807) is 0 Å². The van der Waals surface area contributed by atoms with Crippen LogP contribution in [0.25, 0.3) is 10.8 Å². The van der Waals surface area contributed by atoms with Gasteiger partial charge >= 0.3 is 103 Å². The van der Waals surface area contributed by atoms with Crippen LogP contribution < -0.4 is 109 Å². The predicted molar refractivity (Wildman–Crippen MR) is 64.3 cm³/mol. The second-order valence-electron chi connectivity index (χ2n) is 3.81. The van der Waals surface area contributed by atoms with Crippen LogP contribution in [0.1, 0.15) is 0 Å². The Morgan fingerprint density at radius 3 is 1.90 bits per heavy atom. The molecule has 0 saturated carbocycles. The molecule has 0 spiro atoms. The molecular formula is C10H7K2NO6S2. The minimum atomic E-state index is -4.92. The van der Waals surface area contributed by atoms with E-state index in [1.807, 2.05) is 0 Å². The summed E-state index contributed by atoms with van der Waals surface area (Å²) in [7, 11) is -9.80. The normalized spacial score (nSPS) is 11.5. The van der Waals surface area contributed by atoms with Crippen LogP contribution in [0.5, 0.6) is 0 Å². The fourth-order valence-corrected chi connectivity index (χ4v) is 3.01. The van der Waals surface area contributed by atoms with Crippen molar-refractivity contribution in [2.75, 3.05) is 5.73 Å². The van der Waals surface area contributed by atoms with E-state index in [2.05, 4.69) is 0 Å². The number of hydrogen-bond acceptors (Lipinski definition) is 7. The third-order valence-corrected chi connectivity index (χ3v) is 4.16. The molecule has 0 unspecified atom stereocenters. The SMILES string of the molecule is Nc1ccc2c(S(=O)(=O)[O-])cc(S(=O)(=O)[O-])cc2c1.[K+].[K+]. The van der Waals surface area contributed by atoms with Crippen molar-refractivity contribution in [2.45, 2.75) is 9.79 Å². The Bertz CT molecular complexity index is 880. The molecule has 0 bridgehead atoms. The van der Waals surface area contributed by atoms with Gasteiger partial charge in [0.25, 0.3) is 0 Å². The standard InChI is InChI=1S/C10H9NO6S2.2K/c11-7-1-2-9-6(3-7)4-8(18(12,13)14)5-10(9)19(15,16)17;;/h1-5H,11H2,(H,12,13,14)(H,15,16,17);;/q;2*+1/p-2. The molecule has 0 aromatic heterocycles. The van der Waals surface area contributed by atoms with Gasteiger partial charge in [-0.15, -0.1) is 0 Å². The van der Waals surface area contributed by atoms with Crippen LogP contribution >= 0.6 is 0 Å². The number of benzene rings is 2. The first kappa shape index (κ1) is 22.6. The van der Waals surface area contributed by atoms with E-state index in [0.29, 0.717) is 6.07 Å². The van der Waals surface area contributed by atoms with Gasteiger partial charge in [-0.05, 0) is 35.0 Å². The molecule has 0 radical (unpaired) electrons. The summed E-state index contributed by atoms with van der Waals surface area (Å²) >= 11 is 0. The first-order valence-electron chi connectivity index (χ1n) is 4.84. The van der Waals surface area contributed by atoms with Crippen LogP contribution in [0.15, 0.2) is 40.1 Å². The molecule has 11 heteroatoms. The Morgan fingerprint density at radius 1 is 0.857 bits per heavy atom. The van der Waals surface area contributed by atoms with Crippen LogP contribution in [-0.2, 0) is 20.2 Å². The average Bonchev–Trinajstić information content (AvgIpc) is 2.24. The van der Waals surface area contributed by atoms with E-state index in [4.69, 9.17) is 5.73 Å². The number of nitrogen functional groups attached to an aromatic ring is 1. The summed E-state index contributed by atoms with van der Waals surface area (Å²) in [5.74, 6) is 0. The molecule has 0 aliphatic heterocycles. The summed E-state index contributed by atoms with van der Waals surface area (Å²) in [5, 5.41) is 0.1000. The van der Waals surface area contributed by atoms with Crippen LogP contribution in [0.2, 0.25) is 0 Å². The number of hydrogen-bond donors (Lipinski definition) is 1. The summed E-state index contributed by atoms with van der Waals surface area (Å²) < 4.78 is 66.3. The molecule has 7 nitrogen and oxygen atoms in total. The summed E-state index contributed by atoms with van der Waals surface area (Å²) in [6, 6.07) is 5.45. The fourth-order valence-electron chi connectivity index (χ4n) is 1.68. The molecule has 2 aromatic rings. The molecule has 0 aliphatic rings. The van der Waals surface area contributed by atoms with Crippen molar-refractivity contribution < 1.29 is 129 Å². The largest absolute Gasteiger partial charge is 1.00 e. The van der Waals surface area contributed by atoms with E-state index in [1.165, 1.54) is 18.2 Å². The smallest absolute Gasteiger partial charge is 0.744 e. The number of rotatable bonds is 2. The zero-order valence-corrected chi connectivity index (χ0v) is 19.1. The minimum absolute atomic E-state index is 0. The van der Waals surface area contributed by atoms with Crippen molar-refractivity contribution in [1.29, 1.82) is 0 Å². The van der Waals surface area contributed by atoms with Crippen molar-refractivity contribution in [1.82, 2.24) is 0 Å². The predicted octanol–water partition coefficient (Wildman–Crippen LogP) is -5.76. The molecule has 102 valence electrons. The van der Waals surface area contributed by atoms with Crippen molar-refractivity contribution in [3.63, 3.8) is 0 Å². The molecule has 2 aromatic carbocycles. The van der Waals surface area contributed by atoms with E-state index in [-0.39, 0.29) is 119 Å². The van der Waals surface area contributed by atoms with Gasteiger partial charge < -0.3 is 14.8 Å². The van der Waals surface area contributed by atoms with Gasteiger partial charge in [-0.25, -0.2) is 16.8 Å². The quantitative estimate of drug-likeness (QED) is 0.311. The maximum absolute atomic E-state index is 11.1. The van der Waals surface area contributed by atoms with E-state index >= 15 is 0 Å². The molecule has 2 rings (SSSR count). The second-order valence-corrected chi connectivity index (χ2v) is 6.54. The van der Waals surface area contributed by atoms with Gasteiger partial charge in [0.1, 0.15) is 20.2 Å². The van der Waals surface area contributed by atoms with Crippen LogP contribution in [0, 0.1) is 0 Å². The van der Waals surface area contributed by atoms with Gasteiger partial charge in [0.15, 0.2) is 0 Å². The second kappa shape index (κ2) is 8.11. The first-order valence-corrected chi connectivity index (χ1v) is 7.66. The van der Waals surface area contributed by atoms with Crippen LogP contribution in [-0.4, -0.2) is 25.9 Å². The maximum Gasteiger partial charge on any atom is 1.00 e.